The zero-order chi connectivity index (χ0) is 13.3. The van der Waals surface area contributed by atoms with Crippen molar-refractivity contribution in [2.75, 3.05) is 0 Å². The van der Waals surface area contributed by atoms with E-state index in [1.54, 1.807) is 10.7 Å². The summed E-state index contributed by atoms with van der Waals surface area (Å²) in [5.74, 6) is -0.328. The first-order valence-electron chi connectivity index (χ1n) is 5.38. The van der Waals surface area contributed by atoms with Crippen LogP contribution < -0.4 is 0 Å². The monoisotopic (exact) mass is 380 g/mol. The maximum absolute atomic E-state index is 13.0. The fraction of sp³-hybridized carbons (Fsp3) is 0.250. The normalized spacial score (nSPS) is 12.7. The van der Waals surface area contributed by atoms with Crippen molar-refractivity contribution in [3.05, 3.63) is 50.1 Å². The van der Waals surface area contributed by atoms with Gasteiger partial charge in [0, 0.05) is 15.7 Å². The molecule has 1 aromatic heterocycles. The molecule has 2 rings (SSSR count). The fourth-order valence-electron chi connectivity index (χ4n) is 1.77. The van der Waals surface area contributed by atoms with Crippen LogP contribution in [0, 0.1) is 9.39 Å². The molecule has 0 spiro atoms. The quantitative estimate of drug-likeness (QED) is 0.829. The number of aryl methyl sites for hydroxylation is 1. The predicted molar refractivity (Wildman–Crippen MR) is 76.1 cm³/mol. The van der Waals surface area contributed by atoms with Gasteiger partial charge in [-0.3, -0.25) is 4.68 Å². The molecule has 0 saturated carbocycles. The third kappa shape index (κ3) is 2.53. The van der Waals surface area contributed by atoms with Gasteiger partial charge in [0.1, 0.15) is 11.9 Å². The van der Waals surface area contributed by atoms with E-state index in [1.165, 1.54) is 18.3 Å². The summed E-state index contributed by atoms with van der Waals surface area (Å²) in [6, 6.07) is 4.26. The molecule has 0 radical (unpaired) electrons. The van der Waals surface area contributed by atoms with Crippen molar-refractivity contribution in [3.63, 3.8) is 0 Å². The molecular weight excluding hydrogens is 369 g/mol. The molecule has 1 aromatic carbocycles. The van der Waals surface area contributed by atoms with Crippen LogP contribution >= 0.6 is 34.2 Å². The van der Waals surface area contributed by atoms with Gasteiger partial charge in [0.05, 0.1) is 16.9 Å². The average Bonchev–Trinajstić information content (AvgIpc) is 2.69. The Hall–Kier alpha value is -0.660. The molecule has 1 unspecified atom stereocenters. The molecule has 2 aromatic rings. The molecule has 0 fully saturated rings. The molecule has 1 N–H and O–H groups in total. The summed E-state index contributed by atoms with van der Waals surface area (Å²) in [5, 5.41) is 14.9. The molecule has 3 nitrogen and oxygen atoms in total. The lowest BCUT2D eigenvalue weighted by molar-refractivity contribution is 0.207. The standard InChI is InChI=1S/C12H11ClFIN2O/c1-2-17-11(9(13)6-16-17)12(18)8-4-3-7(14)5-10(8)15/h3-6,12,18H,2H2,1H3. The number of hydrogen-bond donors (Lipinski definition) is 1. The lowest BCUT2D eigenvalue weighted by Gasteiger charge is -2.15. The van der Waals surface area contributed by atoms with Crippen molar-refractivity contribution in [3.8, 4) is 0 Å². The first-order valence-corrected chi connectivity index (χ1v) is 6.84. The molecule has 96 valence electrons. The Kier molecular flexibility index (Phi) is 4.24. The molecule has 0 saturated heterocycles. The number of rotatable bonds is 3. The maximum Gasteiger partial charge on any atom is 0.124 e. The van der Waals surface area contributed by atoms with Crippen molar-refractivity contribution >= 4 is 34.2 Å². The zero-order valence-corrected chi connectivity index (χ0v) is 12.5. The SMILES string of the molecule is CCn1ncc(Cl)c1C(O)c1ccc(F)cc1I. The van der Waals surface area contributed by atoms with Gasteiger partial charge in [-0.25, -0.2) is 4.39 Å². The smallest absolute Gasteiger partial charge is 0.124 e. The van der Waals surface area contributed by atoms with E-state index in [2.05, 4.69) is 5.10 Å². The van der Waals surface area contributed by atoms with Crippen LogP contribution in [0.3, 0.4) is 0 Å². The van der Waals surface area contributed by atoms with Gasteiger partial charge in [-0.15, -0.1) is 0 Å². The van der Waals surface area contributed by atoms with Crippen LogP contribution in [0.1, 0.15) is 24.3 Å². The van der Waals surface area contributed by atoms with Crippen molar-refractivity contribution in [1.82, 2.24) is 9.78 Å². The van der Waals surface area contributed by atoms with Gasteiger partial charge in [-0.05, 0) is 41.6 Å². The van der Waals surface area contributed by atoms with E-state index in [4.69, 9.17) is 11.6 Å². The van der Waals surface area contributed by atoms with Gasteiger partial charge in [0.2, 0.25) is 0 Å². The van der Waals surface area contributed by atoms with Gasteiger partial charge in [-0.2, -0.15) is 5.10 Å². The molecule has 0 bridgehead atoms. The number of nitrogens with zero attached hydrogens (tertiary/aromatic N) is 2. The van der Waals surface area contributed by atoms with Crippen molar-refractivity contribution < 1.29 is 9.50 Å². The van der Waals surface area contributed by atoms with Crippen LogP contribution in [-0.4, -0.2) is 14.9 Å². The highest BCUT2D eigenvalue weighted by Gasteiger charge is 2.21. The predicted octanol–water partition coefficient (Wildman–Crippen LogP) is 3.38. The molecule has 18 heavy (non-hydrogen) atoms. The number of aliphatic hydroxyl groups excluding tert-OH is 1. The average molecular weight is 381 g/mol. The fourth-order valence-corrected chi connectivity index (χ4v) is 2.78. The van der Waals surface area contributed by atoms with E-state index in [0.717, 1.165) is 0 Å². The molecule has 0 aliphatic heterocycles. The number of aromatic nitrogens is 2. The van der Waals surface area contributed by atoms with Gasteiger partial charge in [0.15, 0.2) is 0 Å². The van der Waals surface area contributed by atoms with Crippen LogP contribution in [0.25, 0.3) is 0 Å². The summed E-state index contributed by atoms with van der Waals surface area (Å²) in [7, 11) is 0. The Balaban J connectivity index is 2.47. The van der Waals surface area contributed by atoms with Gasteiger partial charge < -0.3 is 5.11 Å². The number of benzene rings is 1. The van der Waals surface area contributed by atoms with Crippen LogP contribution in [0.15, 0.2) is 24.4 Å². The minimum atomic E-state index is -0.910. The Bertz CT molecular complexity index is 573. The summed E-state index contributed by atoms with van der Waals surface area (Å²) >= 11 is 8.02. The molecule has 0 aliphatic carbocycles. The summed E-state index contributed by atoms with van der Waals surface area (Å²) in [5.41, 5.74) is 1.15. The highest BCUT2D eigenvalue weighted by molar-refractivity contribution is 14.1. The van der Waals surface area contributed by atoms with Crippen LogP contribution in [0.5, 0.6) is 0 Å². The third-order valence-corrected chi connectivity index (χ3v) is 3.87. The molecule has 0 aliphatic rings. The lowest BCUT2D eigenvalue weighted by atomic mass is 10.1. The van der Waals surface area contributed by atoms with E-state index in [0.29, 0.717) is 26.4 Å². The summed E-state index contributed by atoms with van der Waals surface area (Å²) in [6.45, 7) is 2.52. The highest BCUT2D eigenvalue weighted by Crippen LogP contribution is 2.31. The van der Waals surface area contributed by atoms with E-state index in [-0.39, 0.29) is 5.82 Å². The van der Waals surface area contributed by atoms with Crippen molar-refractivity contribution in [2.45, 2.75) is 19.6 Å². The molecule has 1 heterocycles. The van der Waals surface area contributed by atoms with Gasteiger partial charge >= 0.3 is 0 Å². The second-order valence-corrected chi connectivity index (χ2v) is 5.33. The summed E-state index contributed by atoms with van der Waals surface area (Å²) < 4.78 is 15.3. The van der Waals surface area contributed by atoms with Crippen LogP contribution in [0.4, 0.5) is 4.39 Å². The Morgan fingerprint density at radius 3 is 2.89 bits per heavy atom. The Morgan fingerprint density at radius 2 is 2.28 bits per heavy atom. The zero-order valence-electron chi connectivity index (χ0n) is 9.57. The second kappa shape index (κ2) is 5.54. The van der Waals surface area contributed by atoms with Gasteiger partial charge in [0.25, 0.3) is 0 Å². The van der Waals surface area contributed by atoms with Crippen LogP contribution in [0.2, 0.25) is 5.02 Å². The number of aliphatic hydroxyl groups is 1. The van der Waals surface area contributed by atoms with E-state index in [1.807, 2.05) is 29.5 Å². The highest BCUT2D eigenvalue weighted by atomic mass is 127. The first-order chi connectivity index (χ1) is 8.54. The van der Waals surface area contributed by atoms with Crippen molar-refractivity contribution in [1.29, 1.82) is 0 Å². The minimum absolute atomic E-state index is 0.328. The minimum Gasteiger partial charge on any atom is -0.382 e. The molecule has 0 amide bonds. The summed E-state index contributed by atoms with van der Waals surface area (Å²) in [6.07, 6.45) is 0.590. The largest absolute Gasteiger partial charge is 0.382 e. The third-order valence-electron chi connectivity index (χ3n) is 2.65. The van der Waals surface area contributed by atoms with Gasteiger partial charge in [-0.1, -0.05) is 17.7 Å². The Labute approximate surface area is 123 Å². The van der Waals surface area contributed by atoms with E-state index >= 15 is 0 Å². The topological polar surface area (TPSA) is 38.0 Å². The molecule has 6 heteroatoms. The summed E-state index contributed by atoms with van der Waals surface area (Å²) in [4.78, 5) is 0. The Morgan fingerprint density at radius 1 is 1.56 bits per heavy atom. The maximum atomic E-state index is 13.0. The van der Waals surface area contributed by atoms with E-state index < -0.39 is 6.10 Å². The van der Waals surface area contributed by atoms with E-state index in [9.17, 15) is 9.50 Å². The molecule has 1 atom stereocenters. The first kappa shape index (κ1) is 13.8. The van der Waals surface area contributed by atoms with Crippen molar-refractivity contribution in [2.24, 2.45) is 0 Å². The second-order valence-electron chi connectivity index (χ2n) is 3.76. The lowest BCUT2D eigenvalue weighted by Crippen LogP contribution is -2.10. The van der Waals surface area contributed by atoms with Crippen LogP contribution in [-0.2, 0) is 6.54 Å². The number of halogens is 3. The number of hydrogen-bond acceptors (Lipinski definition) is 2. The molecular formula is C12H11ClFIN2O.